The summed E-state index contributed by atoms with van der Waals surface area (Å²) in [5, 5.41) is 10.5. The fraction of sp³-hybridized carbons (Fsp3) is 0.963. The smallest absolute Gasteiger partial charge is 0.136 e. The van der Waals surface area contributed by atoms with Crippen molar-refractivity contribution in [1.29, 1.82) is 0 Å². The number of carbonyl (C=O) groups is 1. The lowest BCUT2D eigenvalue weighted by molar-refractivity contribution is -0.160. The van der Waals surface area contributed by atoms with Crippen LogP contribution in [0, 0.1) is 52.3 Å². The molecule has 4 rings (SSSR count). The molecule has 1 unspecified atom stereocenters. The molecule has 1 N–H and O–H groups in total. The molecule has 4 aliphatic rings. The first-order valence-corrected chi connectivity index (χ1v) is 12.9. The van der Waals surface area contributed by atoms with Gasteiger partial charge in [-0.1, -0.05) is 53.9 Å². The average molecular weight is 403 g/mol. The highest BCUT2D eigenvalue weighted by atomic mass is 16.3. The Balaban J connectivity index is 1.51. The van der Waals surface area contributed by atoms with E-state index in [2.05, 4.69) is 34.6 Å². The Kier molecular flexibility index (Phi) is 5.99. The van der Waals surface area contributed by atoms with Crippen molar-refractivity contribution >= 4 is 5.78 Å². The number of rotatable bonds is 5. The summed E-state index contributed by atoms with van der Waals surface area (Å²) in [6.45, 7) is 12.2. The maximum atomic E-state index is 13.2. The van der Waals surface area contributed by atoms with Gasteiger partial charge in [0.25, 0.3) is 0 Å². The van der Waals surface area contributed by atoms with Crippen LogP contribution in [0.3, 0.4) is 0 Å². The maximum Gasteiger partial charge on any atom is 0.136 e. The molecular formula is C27H46O2. The van der Waals surface area contributed by atoms with Gasteiger partial charge in [0, 0.05) is 12.3 Å². The van der Waals surface area contributed by atoms with Gasteiger partial charge in [0.15, 0.2) is 0 Å². The lowest BCUT2D eigenvalue weighted by Crippen LogP contribution is -2.57. The molecule has 2 heteroatoms. The maximum absolute atomic E-state index is 13.2. The van der Waals surface area contributed by atoms with E-state index in [4.69, 9.17) is 0 Å². The first-order chi connectivity index (χ1) is 13.7. The van der Waals surface area contributed by atoms with E-state index >= 15 is 0 Å². The van der Waals surface area contributed by atoms with E-state index in [0.717, 1.165) is 49.4 Å². The SMILES string of the molecule is CC(C)CCCC(C)[C@H]1CC[C@H]2[C@@H]3CC(=O)[C@H]4CC[C@H](O)C[C@]4(C)[C@H]3CC[C@]12C. The van der Waals surface area contributed by atoms with E-state index in [-0.39, 0.29) is 17.4 Å². The largest absolute Gasteiger partial charge is 0.393 e. The van der Waals surface area contributed by atoms with Crippen LogP contribution >= 0.6 is 0 Å². The quantitative estimate of drug-likeness (QED) is 0.559. The van der Waals surface area contributed by atoms with Crippen LogP contribution in [0.2, 0.25) is 0 Å². The molecular weight excluding hydrogens is 356 g/mol. The van der Waals surface area contributed by atoms with Gasteiger partial charge in [-0.05, 0) is 91.3 Å². The number of hydrogen-bond donors (Lipinski definition) is 1. The lowest BCUT2D eigenvalue weighted by Gasteiger charge is -2.60. The molecule has 166 valence electrons. The molecule has 0 amide bonds. The molecule has 0 spiro atoms. The minimum Gasteiger partial charge on any atom is -0.393 e. The molecule has 0 aromatic heterocycles. The van der Waals surface area contributed by atoms with Crippen LogP contribution in [0.1, 0.15) is 105 Å². The van der Waals surface area contributed by atoms with Crippen molar-refractivity contribution in [3.05, 3.63) is 0 Å². The monoisotopic (exact) mass is 402 g/mol. The van der Waals surface area contributed by atoms with E-state index in [1.807, 2.05) is 0 Å². The molecule has 9 atom stereocenters. The normalized spacial score (nSPS) is 48.2. The summed E-state index contributed by atoms with van der Waals surface area (Å²) in [5.41, 5.74) is 0.495. The van der Waals surface area contributed by atoms with Gasteiger partial charge >= 0.3 is 0 Å². The van der Waals surface area contributed by atoms with Crippen molar-refractivity contribution in [1.82, 2.24) is 0 Å². The van der Waals surface area contributed by atoms with E-state index in [9.17, 15) is 9.90 Å². The zero-order chi connectivity index (χ0) is 21.0. The number of hydrogen-bond acceptors (Lipinski definition) is 2. The summed E-state index contributed by atoms with van der Waals surface area (Å²) < 4.78 is 0. The van der Waals surface area contributed by atoms with Crippen molar-refractivity contribution < 1.29 is 9.90 Å². The zero-order valence-electron chi connectivity index (χ0n) is 19.8. The van der Waals surface area contributed by atoms with Crippen LogP contribution < -0.4 is 0 Å². The lowest BCUT2D eigenvalue weighted by atomic mass is 9.44. The Morgan fingerprint density at radius 1 is 0.966 bits per heavy atom. The first-order valence-electron chi connectivity index (χ1n) is 12.9. The van der Waals surface area contributed by atoms with Crippen LogP contribution in [0.25, 0.3) is 0 Å². The van der Waals surface area contributed by atoms with Gasteiger partial charge in [-0.25, -0.2) is 0 Å². The highest BCUT2D eigenvalue weighted by Crippen LogP contribution is 2.67. The fourth-order valence-electron chi connectivity index (χ4n) is 9.17. The molecule has 0 aromatic rings. The Hall–Kier alpha value is -0.370. The second-order valence-electron chi connectivity index (χ2n) is 12.6. The minimum absolute atomic E-state index is 0.0555. The van der Waals surface area contributed by atoms with E-state index in [1.54, 1.807) is 0 Å². The number of aliphatic hydroxyl groups excluding tert-OH is 1. The molecule has 0 aliphatic heterocycles. The Morgan fingerprint density at radius 3 is 2.41 bits per heavy atom. The second-order valence-corrected chi connectivity index (χ2v) is 12.6. The molecule has 0 aromatic carbocycles. The van der Waals surface area contributed by atoms with Crippen molar-refractivity contribution in [2.75, 3.05) is 0 Å². The summed E-state index contributed by atoms with van der Waals surface area (Å²) in [7, 11) is 0. The van der Waals surface area contributed by atoms with Crippen LogP contribution in [0.5, 0.6) is 0 Å². The number of Topliss-reactive ketones (excluding diaryl/α,β-unsaturated/α-hetero) is 1. The number of fused-ring (bicyclic) bond motifs is 5. The van der Waals surface area contributed by atoms with E-state index < -0.39 is 0 Å². The van der Waals surface area contributed by atoms with Crippen LogP contribution in [0.15, 0.2) is 0 Å². The van der Waals surface area contributed by atoms with Crippen molar-refractivity contribution in [2.45, 2.75) is 111 Å². The predicted molar refractivity (Wildman–Crippen MR) is 119 cm³/mol. The number of aliphatic hydroxyl groups is 1. The van der Waals surface area contributed by atoms with Crippen LogP contribution in [-0.2, 0) is 4.79 Å². The number of carbonyl (C=O) groups excluding carboxylic acids is 1. The van der Waals surface area contributed by atoms with Gasteiger partial charge in [-0.15, -0.1) is 0 Å². The molecule has 29 heavy (non-hydrogen) atoms. The minimum atomic E-state index is -0.187. The van der Waals surface area contributed by atoms with Gasteiger partial charge in [0.2, 0.25) is 0 Å². The summed E-state index contributed by atoms with van der Waals surface area (Å²) in [4.78, 5) is 13.2. The number of ketones is 1. The van der Waals surface area contributed by atoms with Crippen molar-refractivity contribution in [3.63, 3.8) is 0 Å². The molecule has 0 radical (unpaired) electrons. The Labute approximate surface area is 179 Å². The van der Waals surface area contributed by atoms with Crippen molar-refractivity contribution in [2.24, 2.45) is 52.3 Å². The van der Waals surface area contributed by atoms with Crippen LogP contribution in [0.4, 0.5) is 0 Å². The molecule has 0 saturated heterocycles. The molecule has 4 aliphatic carbocycles. The van der Waals surface area contributed by atoms with Crippen molar-refractivity contribution in [3.8, 4) is 0 Å². The van der Waals surface area contributed by atoms with Gasteiger partial charge in [-0.3, -0.25) is 4.79 Å². The summed E-state index contributed by atoms with van der Waals surface area (Å²) in [6, 6.07) is 0. The summed E-state index contributed by atoms with van der Waals surface area (Å²) in [5.74, 6) is 5.23. The second kappa shape index (κ2) is 7.95. The Bertz CT molecular complexity index is 612. The molecule has 0 bridgehead atoms. The highest BCUT2D eigenvalue weighted by molar-refractivity contribution is 5.83. The van der Waals surface area contributed by atoms with Gasteiger partial charge in [-0.2, -0.15) is 0 Å². The third-order valence-electron chi connectivity index (χ3n) is 10.6. The third kappa shape index (κ3) is 3.64. The van der Waals surface area contributed by atoms with Gasteiger partial charge in [0.05, 0.1) is 6.10 Å². The van der Waals surface area contributed by atoms with E-state index in [1.165, 1.54) is 44.9 Å². The molecule has 0 heterocycles. The Morgan fingerprint density at radius 2 is 1.69 bits per heavy atom. The molecule has 4 saturated carbocycles. The fourth-order valence-corrected chi connectivity index (χ4v) is 9.17. The summed E-state index contributed by atoms with van der Waals surface area (Å²) in [6.07, 6.45) is 12.8. The van der Waals surface area contributed by atoms with E-state index in [0.29, 0.717) is 23.0 Å². The van der Waals surface area contributed by atoms with Gasteiger partial charge in [0.1, 0.15) is 5.78 Å². The van der Waals surface area contributed by atoms with Gasteiger partial charge < -0.3 is 5.11 Å². The standard InChI is InChI=1S/C27H46O2/c1-17(2)7-6-8-18(3)21-11-12-22-20-15-25(29)24-10-9-19(28)16-27(24,5)23(20)13-14-26(21,22)4/h17-24,28H,6-16H2,1-5H3/t18?,19-,20-,21+,22-,23-,24+,26+,27+/m0/s1. The predicted octanol–water partition coefficient (Wildman–Crippen LogP) is 6.65. The van der Waals surface area contributed by atoms with Crippen LogP contribution in [-0.4, -0.2) is 17.0 Å². The topological polar surface area (TPSA) is 37.3 Å². The summed E-state index contributed by atoms with van der Waals surface area (Å²) >= 11 is 0. The zero-order valence-corrected chi connectivity index (χ0v) is 19.8. The molecule has 4 fully saturated rings. The highest BCUT2D eigenvalue weighted by Gasteiger charge is 2.62. The molecule has 2 nitrogen and oxygen atoms in total. The average Bonchev–Trinajstić information content (AvgIpc) is 2.98. The first kappa shape index (κ1) is 21.8. The third-order valence-corrected chi connectivity index (χ3v) is 10.6.